The van der Waals surface area contributed by atoms with Crippen molar-refractivity contribution < 1.29 is 171 Å². The molecule has 646 valence electrons. The number of anilines is 1. The van der Waals surface area contributed by atoms with Gasteiger partial charge in [0.2, 0.25) is 29.4 Å². The van der Waals surface area contributed by atoms with Crippen LogP contribution in [0.3, 0.4) is 0 Å². The summed E-state index contributed by atoms with van der Waals surface area (Å²) in [5.74, 6) is -9.56. The largest absolute Gasteiger partial charge is 0.544 e. The number of hydrogen-bond donors (Lipinski definition) is 21. The number of alkyl halides is 3. The second kappa shape index (κ2) is 46.2. The Hall–Kier alpha value is -5.28. The number of carbonyl (C=O) groups excluding carboxylic acids is 5. The van der Waals surface area contributed by atoms with Gasteiger partial charge in [0.25, 0.3) is 0 Å². The highest BCUT2D eigenvalue weighted by Crippen LogP contribution is 2.46. The third kappa shape index (κ3) is 26.1. The summed E-state index contributed by atoms with van der Waals surface area (Å²) >= 11 is 0.332. The van der Waals surface area contributed by atoms with Gasteiger partial charge in [0.1, 0.15) is 127 Å². The smallest absolute Gasteiger partial charge is 0.426 e. The van der Waals surface area contributed by atoms with Crippen LogP contribution in [-0.2, 0) is 77.5 Å². The molecule has 0 radical (unpaired) electrons. The molecule has 4 amide bonds. The molecular formula is C72H114F3N5O32S. The molecule has 6 heterocycles. The third-order valence-electron chi connectivity index (χ3n) is 20.1. The minimum atomic E-state index is -4.82. The van der Waals surface area contributed by atoms with Crippen molar-refractivity contribution in [1.29, 1.82) is 0 Å². The number of hydrogen-bond acceptors (Lipinski definition) is 33. The van der Waals surface area contributed by atoms with Gasteiger partial charge in [-0.15, -0.1) is 11.3 Å². The van der Waals surface area contributed by atoms with E-state index in [4.69, 9.17) is 47.4 Å². The van der Waals surface area contributed by atoms with E-state index in [0.717, 1.165) is 69.9 Å². The molecule has 5 aliphatic heterocycles. The molecule has 2 unspecified atom stereocenters. The molecule has 28 atom stereocenters. The van der Waals surface area contributed by atoms with Gasteiger partial charge in [-0.3, -0.25) is 19.2 Å². The fraction of sp³-hybridized carbons (Fsp3) is 0.764. The Morgan fingerprint density at radius 2 is 1.12 bits per heavy atom. The molecule has 37 nitrogen and oxygen atoms in total. The molecule has 113 heavy (non-hydrogen) atoms. The van der Waals surface area contributed by atoms with Gasteiger partial charge in [0.15, 0.2) is 25.2 Å². The number of unbranched alkanes of at least 4 members (excludes halogenated alkanes) is 14. The van der Waals surface area contributed by atoms with Crippen LogP contribution in [0, 0.1) is 0 Å². The summed E-state index contributed by atoms with van der Waals surface area (Å²) in [7, 11) is 0. The molecule has 0 saturated carbocycles. The topological polar surface area (TPSA) is 609 Å². The van der Waals surface area contributed by atoms with Crippen molar-refractivity contribution in [2.45, 2.75) is 307 Å². The van der Waals surface area contributed by atoms with Crippen LogP contribution in [0.1, 0.15) is 135 Å². The van der Waals surface area contributed by atoms with Crippen molar-refractivity contribution in [2.75, 3.05) is 45.0 Å². The first-order chi connectivity index (χ1) is 53.3. The molecule has 7 rings (SSSR count). The minimum absolute atomic E-state index is 0. The molecule has 5 saturated heterocycles. The van der Waals surface area contributed by atoms with Crippen molar-refractivity contribution in [3.8, 4) is 11.1 Å². The Balaban J connectivity index is 0.0000199. The average Bonchev–Trinajstić information content (AvgIpc) is 1.37. The fourth-order valence-electron chi connectivity index (χ4n) is 14.1. The highest BCUT2D eigenvalue weighted by molar-refractivity contribution is 7.11. The molecule has 5 fully saturated rings. The number of benzene rings is 1. The SMILES string of the molecule is CCCCCCCCCCCCCCCCCC(=O)N[C@@H](CO[C@@H]1O[C@H](CO)[C@@H](O[C@@H]2O[C@H](CO)[C@H](O[C@@H]3O[C@H](CO)[C@H](O)[C@H](O[C@@H]4O[C@H](CO)[C@H](O)[C@H](O)[C@H]4O)[C@H]3NC(C)=O)[C@H](O[C@]3(C(=O)[O-])C[C@H](O)C(NC(C)=O)C([C@H](O)[C@H](O)CO)O3)[C@H]2O)[C@H](O)[C@H]1O)[C@H](O)/C=C/C(=O)Nc1csc(C(F)(F)F)c1-c1ccccc1.[NH4+]. The van der Waals surface area contributed by atoms with Gasteiger partial charge in [0.05, 0.1) is 69.6 Å². The normalized spacial score (nSPS) is 33.3. The number of carboxylic acids is 1. The van der Waals surface area contributed by atoms with Crippen LogP contribution in [0.4, 0.5) is 18.9 Å². The van der Waals surface area contributed by atoms with E-state index in [-0.39, 0.29) is 29.4 Å². The molecule has 1 aromatic carbocycles. The minimum Gasteiger partial charge on any atom is -0.544 e. The monoisotopic (exact) mass is 1650 g/mol. The highest BCUT2D eigenvalue weighted by atomic mass is 32.1. The first kappa shape index (κ1) is 96.6. The summed E-state index contributed by atoms with van der Waals surface area (Å²) in [5.41, 5.74) is -0.413. The van der Waals surface area contributed by atoms with Crippen molar-refractivity contribution >= 4 is 46.6 Å². The Morgan fingerprint density at radius 3 is 1.68 bits per heavy atom. The van der Waals surface area contributed by atoms with Crippen LogP contribution >= 0.6 is 11.3 Å². The number of aliphatic hydroxyl groups excluding tert-OH is 16. The molecule has 0 bridgehead atoms. The maximum Gasteiger partial charge on any atom is 0.426 e. The van der Waals surface area contributed by atoms with Gasteiger partial charge >= 0.3 is 6.18 Å². The Labute approximate surface area is 653 Å². The zero-order chi connectivity index (χ0) is 82.3. The van der Waals surface area contributed by atoms with Gasteiger partial charge < -0.3 is 166 Å². The number of aliphatic carboxylic acids is 1. The van der Waals surface area contributed by atoms with Crippen LogP contribution in [0.15, 0.2) is 47.9 Å². The van der Waals surface area contributed by atoms with Crippen molar-refractivity contribution in [3.63, 3.8) is 0 Å². The first-order valence-electron chi connectivity index (χ1n) is 37.6. The van der Waals surface area contributed by atoms with E-state index < -0.39 is 258 Å². The van der Waals surface area contributed by atoms with Gasteiger partial charge in [0, 0.05) is 43.7 Å². The van der Waals surface area contributed by atoms with Gasteiger partial charge in [-0.05, 0) is 18.1 Å². The Morgan fingerprint density at radius 1 is 0.619 bits per heavy atom. The first-order valence-corrected chi connectivity index (χ1v) is 38.5. The van der Waals surface area contributed by atoms with Crippen molar-refractivity contribution in [2.24, 2.45) is 0 Å². The fourth-order valence-corrected chi connectivity index (χ4v) is 14.9. The zero-order valence-electron chi connectivity index (χ0n) is 63.2. The summed E-state index contributed by atoms with van der Waals surface area (Å²) in [6.07, 6.45) is -40.9. The molecule has 24 N–H and O–H groups in total. The number of halogens is 3. The second-order valence-electron chi connectivity index (χ2n) is 28.6. The Bertz CT molecular complexity index is 3230. The molecule has 1 aromatic heterocycles. The number of amides is 4. The molecule has 2 aromatic rings. The van der Waals surface area contributed by atoms with E-state index in [0.29, 0.717) is 24.2 Å². The zero-order valence-corrected chi connectivity index (χ0v) is 64.0. The lowest BCUT2D eigenvalue weighted by atomic mass is 9.88. The molecule has 0 spiro atoms. The predicted octanol–water partition coefficient (Wildman–Crippen LogP) is -3.32. The lowest BCUT2D eigenvalue weighted by Crippen LogP contribution is -2.73. The second-order valence-corrected chi connectivity index (χ2v) is 29.5. The summed E-state index contributed by atoms with van der Waals surface area (Å²) < 4.78 is 102. The number of quaternary nitrogens is 1. The number of thiophene rings is 1. The van der Waals surface area contributed by atoms with Crippen LogP contribution in [-0.4, -0.2) is 322 Å². The van der Waals surface area contributed by atoms with E-state index in [1.807, 2.05) is 0 Å². The van der Waals surface area contributed by atoms with Gasteiger partial charge in [-0.25, -0.2) is 0 Å². The lowest BCUT2D eigenvalue weighted by molar-refractivity contribution is -0.421. The molecule has 0 aliphatic carbocycles. The van der Waals surface area contributed by atoms with Crippen LogP contribution in [0.5, 0.6) is 0 Å². The third-order valence-corrected chi connectivity index (χ3v) is 21.1. The summed E-state index contributed by atoms with van der Waals surface area (Å²) in [6, 6.07) is 2.05. The van der Waals surface area contributed by atoms with Gasteiger partial charge in [-0.2, -0.15) is 13.2 Å². The number of carbonyl (C=O) groups is 5. The lowest BCUT2D eigenvalue weighted by Gasteiger charge is -2.54. The molecule has 41 heteroatoms. The number of ether oxygens (including phenoxy) is 10. The van der Waals surface area contributed by atoms with E-state index in [1.165, 1.54) is 69.2 Å². The standard InChI is InChI=1S/C72H111F3N4O32S.H3N/c1-4-5-6-7-8-9-10-11-12-13-14-15-16-17-21-24-47(90)78-38(40(87)25-26-48(91)79-39-34-112-65(72(73,74)75)49(39)37-22-19-18-20-23-37)33-102-67-58(98)56(96)60(45(31-83)105-67)107-69-59(99)64(111-71(70(100)101)27-41(88)50(76-35(2)85)63(110-71)52(92)42(89)28-80)61(46(32-84)106-69)108-66-51(77-36(3)86)62(54(94)44(30-82)103-66)109-68-57(97)55(95)53(93)43(29-81)104-68;/h18-20,22-23,25-26,34,38,40-46,50-64,66-69,80-84,87-89,92-99H,4-17,21,24,27-33H2,1-3H3,(H,76,85)(H,77,86)(H,78,90)(H,79,91)(H,100,101);1H3/b26-25+;/t38-,40+,41-,42+,43+,44+,45+,46+,50?,51+,52+,53-,54-,55-,56+,57+,58+,59+,60+,61-,62+,63?,64+,66-,67+,68-,69-,71-;/m0./s1. The van der Waals surface area contributed by atoms with Crippen LogP contribution in [0.25, 0.3) is 11.1 Å². The van der Waals surface area contributed by atoms with Crippen LogP contribution < -0.4 is 32.5 Å². The number of carboxylic acid groups (broad SMARTS) is 1. The number of rotatable bonds is 43. The van der Waals surface area contributed by atoms with Crippen molar-refractivity contribution in [3.05, 3.63) is 52.7 Å². The average molecular weight is 1650 g/mol. The molecule has 5 aliphatic rings. The van der Waals surface area contributed by atoms with Crippen molar-refractivity contribution in [1.82, 2.24) is 22.1 Å². The van der Waals surface area contributed by atoms with Crippen LogP contribution in [0.2, 0.25) is 0 Å². The predicted molar refractivity (Wildman–Crippen MR) is 384 cm³/mol. The summed E-state index contributed by atoms with van der Waals surface area (Å²) in [5, 5.41) is 202. The summed E-state index contributed by atoms with van der Waals surface area (Å²) in [4.78, 5) is 65.4. The number of nitrogens with one attached hydrogen (secondary N) is 4. The van der Waals surface area contributed by atoms with E-state index in [9.17, 15) is 124 Å². The van der Waals surface area contributed by atoms with E-state index in [1.54, 1.807) is 6.07 Å². The maximum absolute atomic E-state index is 14.3. The quantitative estimate of drug-likeness (QED) is 0.0228. The maximum atomic E-state index is 14.3. The van der Waals surface area contributed by atoms with E-state index >= 15 is 0 Å². The molecular weight excluding hydrogens is 1540 g/mol. The summed E-state index contributed by atoms with van der Waals surface area (Å²) in [6.45, 7) is -2.69. The number of aliphatic hydroxyl groups is 16. The van der Waals surface area contributed by atoms with Gasteiger partial charge in [-0.1, -0.05) is 127 Å². The van der Waals surface area contributed by atoms with E-state index in [2.05, 4.69) is 28.2 Å². The highest BCUT2D eigenvalue weighted by Gasteiger charge is 2.61. The Kier molecular flexibility index (Phi) is 39.5.